The quantitative estimate of drug-likeness (QED) is 0.608. The molecule has 2 rings (SSSR count). The smallest absolute Gasteiger partial charge is 0.305 e. The first-order valence-corrected chi connectivity index (χ1v) is 6.09. The molecule has 1 aromatic carbocycles. The third-order valence-electron chi connectivity index (χ3n) is 2.86. The maximum atomic E-state index is 13.4. The van der Waals surface area contributed by atoms with Gasteiger partial charge in [-0.15, -0.1) is 0 Å². The molecule has 0 bridgehead atoms. The highest BCUT2D eigenvalue weighted by Gasteiger charge is 2.23. The fourth-order valence-electron chi connectivity index (χ4n) is 1.67. The van der Waals surface area contributed by atoms with Crippen molar-refractivity contribution in [1.82, 2.24) is 10.6 Å². The van der Waals surface area contributed by atoms with Gasteiger partial charge in [0, 0.05) is 30.3 Å². The van der Waals surface area contributed by atoms with Crippen molar-refractivity contribution in [1.29, 1.82) is 0 Å². The summed E-state index contributed by atoms with van der Waals surface area (Å²) in [4.78, 5) is 21.0. The maximum Gasteiger partial charge on any atom is 0.305 e. The zero-order valence-corrected chi connectivity index (χ0v) is 10.5. The number of nitrogens with zero attached hydrogens (tertiary/aromatic N) is 1. The van der Waals surface area contributed by atoms with E-state index in [0.29, 0.717) is 6.07 Å². The number of halogens is 2. The third-order valence-corrected chi connectivity index (χ3v) is 2.86. The van der Waals surface area contributed by atoms with Gasteiger partial charge in [-0.1, -0.05) is 0 Å². The lowest BCUT2D eigenvalue weighted by molar-refractivity contribution is -0.387. The number of rotatable bonds is 6. The van der Waals surface area contributed by atoms with Crippen LogP contribution in [0, 0.1) is 21.7 Å². The minimum absolute atomic E-state index is 0.0267. The molecule has 20 heavy (non-hydrogen) atoms. The van der Waals surface area contributed by atoms with Gasteiger partial charge in [0.1, 0.15) is 5.82 Å². The summed E-state index contributed by atoms with van der Waals surface area (Å²) in [6, 6.07) is 1.53. The Morgan fingerprint density at radius 2 is 2.05 bits per heavy atom. The summed E-state index contributed by atoms with van der Waals surface area (Å²) in [5.74, 6) is -2.32. The van der Waals surface area contributed by atoms with Crippen molar-refractivity contribution in [2.24, 2.45) is 0 Å². The van der Waals surface area contributed by atoms with Crippen LogP contribution in [0.1, 0.15) is 18.4 Å². The minimum Gasteiger partial charge on any atom is -0.352 e. The molecular formula is C12H13F2N3O3. The molecule has 0 heterocycles. The van der Waals surface area contributed by atoms with Crippen molar-refractivity contribution in [2.75, 3.05) is 6.54 Å². The van der Waals surface area contributed by atoms with Crippen molar-refractivity contribution < 1.29 is 18.5 Å². The van der Waals surface area contributed by atoms with Gasteiger partial charge < -0.3 is 10.6 Å². The molecule has 0 atom stereocenters. The highest BCUT2D eigenvalue weighted by molar-refractivity contribution is 5.78. The van der Waals surface area contributed by atoms with E-state index in [9.17, 15) is 23.7 Å². The van der Waals surface area contributed by atoms with Gasteiger partial charge in [0.25, 0.3) is 0 Å². The molecule has 0 radical (unpaired) electrons. The SMILES string of the molecule is O=C(CNCc1cc([N+](=O)[O-])c(F)cc1F)NC1CC1. The minimum atomic E-state index is -1.22. The van der Waals surface area contributed by atoms with E-state index in [1.54, 1.807) is 0 Å². The first-order valence-electron chi connectivity index (χ1n) is 6.09. The lowest BCUT2D eigenvalue weighted by Gasteiger charge is -2.07. The molecule has 6 nitrogen and oxygen atoms in total. The van der Waals surface area contributed by atoms with Gasteiger partial charge in [-0.25, -0.2) is 4.39 Å². The fourth-order valence-corrected chi connectivity index (χ4v) is 1.67. The first-order chi connectivity index (χ1) is 9.47. The molecule has 0 unspecified atom stereocenters. The predicted molar refractivity (Wildman–Crippen MR) is 65.9 cm³/mol. The van der Waals surface area contributed by atoms with E-state index in [1.165, 1.54) is 0 Å². The number of nitrogens with one attached hydrogen (secondary N) is 2. The van der Waals surface area contributed by atoms with E-state index in [2.05, 4.69) is 10.6 Å². The maximum absolute atomic E-state index is 13.4. The number of nitro groups is 1. The Morgan fingerprint density at radius 1 is 1.35 bits per heavy atom. The van der Waals surface area contributed by atoms with Crippen LogP contribution in [0.5, 0.6) is 0 Å². The van der Waals surface area contributed by atoms with Gasteiger partial charge in [-0.3, -0.25) is 14.9 Å². The molecule has 1 aromatic rings. The predicted octanol–water partition coefficient (Wildman–Crippen LogP) is 1.24. The molecule has 1 saturated carbocycles. The van der Waals surface area contributed by atoms with E-state index in [1.807, 2.05) is 0 Å². The van der Waals surface area contributed by atoms with Gasteiger partial charge in [-0.2, -0.15) is 4.39 Å². The molecule has 8 heteroatoms. The van der Waals surface area contributed by atoms with E-state index < -0.39 is 22.2 Å². The van der Waals surface area contributed by atoms with E-state index in [4.69, 9.17) is 0 Å². The number of carbonyl (C=O) groups excluding carboxylic acids is 1. The van der Waals surface area contributed by atoms with Crippen LogP contribution in [0.25, 0.3) is 0 Å². The molecule has 0 spiro atoms. The number of hydrogen-bond donors (Lipinski definition) is 2. The molecule has 1 fully saturated rings. The van der Waals surface area contributed by atoms with Crippen LogP contribution in [0.2, 0.25) is 0 Å². The number of amides is 1. The second kappa shape index (κ2) is 5.91. The summed E-state index contributed by atoms with van der Waals surface area (Å²) < 4.78 is 26.6. The van der Waals surface area contributed by atoms with Crippen molar-refractivity contribution in [3.63, 3.8) is 0 Å². The van der Waals surface area contributed by atoms with Gasteiger partial charge in [0.2, 0.25) is 11.7 Å². The van der Waals surface area contributed by atoms with Crippen LogP contribution in [-0.2, 0) is 11.3 Å². The highest BCUT2D eigenvalue weighted by atomic mass is 19.1. The summed E-state index contributed by atoms with van der Waals surface area (Å²) in [5, 5.41) is 15.9. The zero-order valence-electron chi connectivity index (χ0n) is 10.5. The van der Waals surface area contributed by atoms with Crippen LogP contribution >= 0.6 is 0 Å². The first kappa shape index (κ1) is 14.3. The molecule has 0 saturated heterocycles. The molecule has 0 aromatic heterocycles. The van der Waals surface area contributed by atoms with Gasteiger partial charge in [0.05, 0.1) is 11.5 Å². The van der Waals surface area contributed by atoms with Gasteiger partial charge in [0.15, 0.2) is 0 Å². The topological polar surface area (TPSA) is 84.3 Å². The molecule has 2 N–H and O–H groups in total. The lowest BCUT2D eigenvalue weighted by Crippen LogP contribution is -2.34. The molecule has 108 valence electrons. The van der Waals surface area contributed by atoms with E-state index >= 15 is 0 Å². The zero-order chi connectivity index (χ0) is 14.7. The molecule has 1 aliphatic rings. The van der Waals surface area contributed by atoms with Gasteiger partial charge in [-0.05, 0) is 12.8 Å². The number of carbonyl (C=O) groups is 1. The molecule has 0 aliphatic heterocycles. The Morgan fingerprint density at radius 3 is 2.65 bits per heavy atom. The third kappa shape index (κ3) is 3.70. The summed E-state index contributed by atoms with van der Waals surface area (Å²) in [7, 11) is 0. The Bertz CT molecular complexity index is 547. The Balaban J connectivity index is 1.92. The molecular weight excluding hydrogens is 272 g/mol. The summed E-state index contributed by atoms with van der Waals surface area (Å²) in [6.07, 6.45) is 1.93. The van der Waals surface area contributed by atoms with Crippen LogP contribution in [-0.4, -0.2) is 23.4 Å². The van der Waals surface area contributed by atoms with Crippen molar-refractivity contribution in [3.8, 4) is 0 Å². The summed E-state index contributed by atoms with van der Waals surface area (Å²) in [5.41, 5.74) is -0.844. The monoisotopic (exact) mass is 285 g/mol. The largest absolute Gasteiger partial charge is 0.352 e. The van der Waals surface area contributed by atoms with Crippen molar-refractivity contribution in [3.05, 3.63) is 39.4 Å². The fraction of sp³-hybridized carbons (Fsp3) is 0.417. The normalized spacial score (nSPS) is 14.1. The average Bonchev–Trinajstić information content (AvgIpc) is 3.15. The number of nitro benzene ring substituents is 1. The van der Waals surface area contributed by atoms with Gasteiger partial charge >= 0.3 is 5.69 Å². The molecule has 1 aliphatic carbocycles. The average molecular weight is 285 g/mol. The second-order valence-corrected chi connectivity index (χ2v) is 4.60. The standard InChI is InChI=1S/C12H13F2N3O3/c13-9-4-10(14)11(17(19)20)3-7(9)5-15-6-12(18)16-8-1-2-8/h3-4,8,15H,1-2,5-6H2,(H,16,18). The lowest BCUT2D eigenvalue weighted by atomic mass is 10.2. The van der Waals surface area contributed by atoms with Crippen LogP contribution in [0.4, 0.5) is 14.5 Å². The Labute approximate surface area is 113 Å². The van der Waals surface area contributed by atoms with Crippen molar-refractivity contribution >= 4 is 11.6 Å². The second-order valence-electron chi connectivity index (χ2n) is 4.60. The van der Waals surface area contributed by atoms with Crippen LogP contribution < -0.4 is 10.6 Å². The summed E-state index contributed by atoms with van der Waals surface area (Å²) >= 11 is 0. The van der Waals surface area contributed by atoms with Crippen molar-refractivity contribution in [2.45, 2.75) is 25.4 Å². The van der Waals surface area contributed by atoms with Crippen LogP contribution in [0.15, 0.2) is 12.1 Å². The molecule has 1 amide bonds. The highest BCUT2D eigenvalue weighted by Crippen LogP contribution is 2.21. The summed E-state index contributed by atoms with van der Waals surface area (Å²) in [6.45, 7) is -0.119. The van der Waals surface area contributed by atoms with E-state index in [-0.39, 0.29) is 30.6 Å². The Kier molecular flexibility index (Phi) is 4.23. The number of hydrogen-bond acceptors (Lipinski definition) is 4. The van der Waals surface area contributed by atoms with E-state index in [0.717, 1.165) is 18.9 Å². The van der Waals surface area contributed by atoms with Crippen LogP contribution in [0.3, 0.4) is 0 Å². The Hall–Kier alpha value is -2.09. The number of benzene rings is 1.